The van der Waals surface area contributed by atoms with E-state index in [9.17, 15) is 13.2 Å². The Morgan fingerprint density at radius 2 is 2.03 bits per heavy atom. The summed E-state index contributed by atoms with van der Waals surface area (Å²) in [6, 6.07) is 5.78. The highest BCUT2D eigenvalue weighted by Gasteiger charge is 2.21. The van der Waals surface area contributed by atoms with Gasteiger partial charge in [-0.1, -0.05) is 11.2 Å². The molecular weight excluding hydrogens is 514 g/mol. The zero-order chi connectivity index (χ0) is 20.8. The highest BCUT2D eigenvalue weighted by Crippen LogP contribution is 2.23. The molecule has 2 aromatic rings. The molecule has 11 heteroatoms. The number of rotatable bonds is 6. The van der Waals surface area contributed by atoms with Crippen molar-refractivity contribution >= 4 is 29.9 Å². The molecule has 1 fully saturated rings. The first-order chi connectivity index (χ1) is 14.0. The molecule has 1 aliphatic heterocycles. The molecule has 0 amide bonds. The van der Waals surface area contributed by atoms with Crippen molar-refractivity contribution in [2.24, 2.45) is 4.99 Å². The van der Waals surface area contributed by atoms with Crippen LogP contribution < -0.4 is 10.1 Å². The smallest absolute Gasteiger partial charge is 0.387 e. The summed E-state index contributed by atoms with van der Waals surface area (Å²) in [5.41, 5.74) is 0.929. The van der Waals surface area contributed by atoms with Gasteiger partial charge in [0.1, 0.15) is 17.3 Å². The van der Waals surface area contributed by atoms with E-state index in [0.717, 1.165) is 24.5 Å². The number of ether oxygens (including phenoxy) is 1. The normalized spacial score (nSPS) is 15.3. The van der Waals surface area contributed by atoms with Gasteiger partial charge in [-0.25, -0.2) is 4.39 Å². The second kappa shape index (κ2) is 11.4. The lowest BCUT2D eigenvalue weighted by atomic mass is 10.2. The molecule has 2 heterocycles. The molecule has 1 N–H and O–H groups in total. The van der Waals surface area contributed by atoms with Crippen molar-refractivity contribution in [3.05, 3.63) is 47.1 Å². The molecule has 166 valence electrons. The van der Waals surface area contributed by atoms with E-state index in [2.05, 4.69) is 25.1 Å². The van der Waals surface area contributed by atoms with Gasteiger partial charge < -0.3 is 19.5 Å². The molecule has 1 aromatic heterocycles. The number of nitrogens with one attached hydrogen (secondary N) is 1. The van der Waals surface area contributed by atoms with E-state index >= 15 is 0 Å². The van der Waals surface area contributed by atoms with E-state index in [1.54, 1.807) is 7.05 Å². The molecule has 3 rings (SSSR count). The third-order valence-corrected chi connectivity index (χ3v) is 4.66. The number of benzene rings is 1. The van der Waals surface area contributed by atoms with E-state index in [4.69, 9.17) is 4.52 Å². The van der Waals surface area contributed by atoms with Gasteiger partial charge in [-0.05, 0) is 19.1 Å². The summed E-state index contributed by atoms with van der Waals surface area (Å²) in [5, 5.41) is 7.06. The Kier molecular flexibility index (Phi) is 9.21. The van der Waals surface area contributed by atoms with Crippen molar-refractivity contribution in [2.75, 3.05) is 33.2 Å². The number of hydrogen-bond donors (Lipinski definition) is 1. The minimum absolute atomic E-state index is 0. The van der Waals surface area contributed by atoms with Crippen molar-refractivity contribution in [1.29, 1.82) is 0 Å². The van der Waals surface area contributed by atoms with E-state index in [1.165, 1.54) is 18.2 Å². The molecule has 0 aliphatic carbocycles. The Balaban J connectivity index is 0.00000320. The predicted octanol–water partition coefficient (Wildman–Crippen LogP) is 3.23. The lowest BCUT2D eigenvalue weighted by molar-refractivity contribution is -0.0506. The third kappa shape index (κ3) is 6.49. The average Bonchev–Trinajstić information content (AvgIpc) is 3.09. The summed E-state index contributed by atoms with van der Waals surface area (Å²) >= 11 is 0. The van der Waals surface area contributed by atoms with Gasteiger partial charge in [0.25, 0.3) is 0 Å². The maximum atomic E-state index is 14.1. The van der Waals surface area contributed by atoms with Crippen LogP contribution >= 0.6 is 24.0 Å². The van der Waals surface area contributed by atoms with Gasteiger partial charge in [-0.2, -0.15) is 8.78 Å². The Morgan fingerprint density at radius 3 is 2.63 bits per heavy atom. The van der Waals surface area contributed by atoms with Crippen LogP contribution in [0.2, 0.25) is 0 Å². The van der Waals surface area contributed by atoms with Crippen LogP contribution in [0.1, 0.15) is 17.0 Å². The molecule has 1 aromatic carbocycles. The SMILES string of the molecule is CN=C(NCc1c(F)cccc1OC(F)F)N1CCN(Cc2cc(C)on2)CC1.I. The van der Waals surface area contributed by atoms with Crippen LogP contribution in [0.4, 0.5) is 13.2 Å². The van der Waals surface area contributed by atoms with E-state index in [-0.39, 0.29) is 41.8 Å². The number of aromatic nitrogens is 1. The number of nitrogens with zero attached hydrogens (tertiary/aromatic N) is 4. The summed E-state index contributed by atoms with van der Waals surface area (Å²) in [5.74, 6) is 0.564. The lowest BCUT2D eigenvalue weighted by Crippen LogP contribution is -2.52. The maximum Gasteiger partial charge on any atom is 0.387 e. The number of aryl methyl sites for hydroxylation is 1. The highest BCUT2D eigenvalue weighted by atomic mass is 127. The number of aliphatic imine (C=N–C) groups is 1. The van der Waals surface area contributed by atoms with Crippen LogP contribution in [0.25, 0.3) is 0 Å². The van der Waals surface area contributed by atoms with Crippen LogP contribution in [0.5, 0.6) is 5.75 Å². The summed E-state index contributed by atoms with van der Waals surface area (Å²) in [4.78, 5) is 8.53. The van der Waals surface area contributed by atoms with Gasteiger partial charge in [0.05, 0.1) is 5.69 Å². The number of piperazine rings is 1. The fourth-order valence-corrected chi connectivity index (χ4v) is 3.26. The third-order valence-electron chi connectivity index (χ3n) is 4.66. The molecule has 30 heavy (non-hydrogen) atoms. The van der Waals surface area contributed by atoms with E-state index in [1.807, 2.05) is 17.9 Å². The van der Waals surface area contributed by atoms with Gasteiger partial charge >= 0.3 is 6.61 Å². The maximum absolute atomic E-state index is 14.1. The standard InChI is InChI=1S/C19H24F3N5O2.HI/c1-13-10-14(25-29-13)12-26-6-8-27(9-7-26)19(23-2)24-11-15-16(20)4-3-5-17(15)28-18(21)22;/h3-5,10,18H,6-9,11-12H2,1-2H3,(H,23,24);1H. The summed E-state index contributed by atoms with van der Waals surface area (Å²) in [7, 11) is 1.63. The first kappa shape index (κ1) is 24.3. The van der Waals surface area contributed by atoms with Crippen molar-refractivity contribution in [3.63, 3.8) is 0 Å². The van der Waals surface area contributed by atoms with E-state index in [0.29, 0.717) is 25.6 Å². The Hall–Kier alpha value is -2.02. The minimum Gasteiger partial charge on any atom is -0.434 e. The number of guanidine groups is 1. The molecule has 7 nitrogen and oxygen atoms in total. The van der Waals surface area contributed by atoms with Crippen LogP contribution in [0.15, 0.2) is 33.8 Å². The first-order valence-corrected chi connectivity index (χ1v) is 9.28. The molecular formula is C19H25F3IN5O2. The number of alkyl halides is 2. The molecule has 0 bridgehead atoms. The minimum atomic E-state index is -3.02. The Labute approximate surface area is 190 Å². The number of hydrogen-bond acceptors (Lipinski definition) is 5. The van der Waals surface area contributed by atoms with E-state index < -0.39 is 12.4 Å². The molecule has 0 atom stereocenters. The zero-order valence-corrected chi connectivity index (χ0v) is 19.1. The Bertz CT molecular complexity index is 841. The topological polar surface area (TPSA) is 66.1 Å². The summed E-state index contributed by atoms with van der Waals surface area (Å²) in [6.45, 7) is 2.56. The molecule has 0 saturated carbocycles. The molecule has 0 radical (unpaired) electrons. The van der Waals surface area contributed by atoms with Crippen molar-refractivity contribution in [2.45, 2.75) is 26.6 Å². The summed E-state index contributed by atoms with van der Waals surface area (Å²) in [6.07, 6.45) is 0. The quantitative estimate of drug-likeness (QED) is 0.346. The average molecular weight is 539 g/mol. The molecule has 0 unspecified atom stereocenters. The predicted molar refractivity (Wildman–Crippen MR) is 117 cm³/mol. The van der Waals surface area contributed by atoms with Crippen molar-refractivity contribution in [3.8, 4) is 5.75 Å². The second-order valence-corrected chi connectivity index (χ2v) is 6.69. The van der Waals surface area contributed by atoms with Crippen LogP contribution in [0, 0.1) is 12.7 Å². The monoisotopic (exact) mass is 539 g/mol. The molecule has 0 spiro atoms. The van der Waals surface area contributed by atoms with Gasteiger partial charge in [0.2, 0.25) is 0 Å². The number of halogens is 4. The zero-order valence-electron chi connectivity index (χ0n) is 16.8. The van der Waals surface area contributed by atoms with Gasteiger partial charge in [0.15, 0.2) is 5.96 Å². The largest absolute Gasteiger partial charge is 0.434 e. The van der Waals surface area contributed by atoms with Crippen molar-refractivity contribution in [1.82, 2.24) is 20.3 Å². The van der Waals surface area contributed by atoms with Gasteiger partial charge in [-0.15, -0.1) is 24.0 Å². The fraction of sp³-hybridized carbons (Fsp3) is 0.474. The molecule has 1 aliphatic rings. The van der Waals surface area contributed by atoms with Crippen LogP contribution in [0.3, 0.4) is 0 Å². The molecule has 1 saturated heterocycles. The van der Waals surface area contributed by atoms with Crippen LogP contribution in [-0.4, -0.2) is 60.8 Å². The summed E-state index contributed by atoms with van der Waals surface area (Å²) < 4.78 is 48.8. The lowest BCUT2D eigenvalue weighted by Gasteiger charge is -2.36. The van der Waals surface area contributed by atoms with Gasteiger partial charge in [-0.3, -0.25) is 9.89 Å². The van der Waals surface area contributed by atoms with Crippen LogP contribution in [-0.2, 0) is 13.1 Å². The second-order valence-electron chi connectivity index (χ2n) is 6.69. The van der Waals surface area contributed by atoms with Crippen molar-refractivity contribution < 1.29 is 22.4 Å². The Morgan fingerprint density at radius 1 is 1.30 bits per heavy atom. The highest BCUT2D eigenvalue weighted by molar-refractivity contribution is 14.0. The van der Waals surface area contributed by atoms with Gasteiger partial charge in [0, 0.05) is 57.9 Å². The fourth-order valence-electron chi connectivity index (χ4n) is 3.26. The first-order valence-electron chi connectivity index (χ1n) is 9.28.